The van der Waals surface area contributed by atoms with Crippen molar-refractivity contribution in [2.24, 2.45) is 5.92 Å². The van der Waals surface area contributed by atoms with Crippen molar-refractivity contribution in [2.75, 3.05) is 24.5 Å². The first kappa shape index (κ1) is 12.2. The fourth-order valence-corrected chi connectivity index (χ4v) is 3.22. The lowest BCUT2D eigenvalue weighted by Crippen LogP contribution is -2.52. The summed E-state index contributed by atoms with van der Waals surface area (Å²) in [5, 5.41) is 3.91. The highest BCUT2D eigenvalue weighted by atomic mass is 35.5. The first-order chi connectivity index (χ1) is 8.74. The summed E-state index contributed by atoms with van der Waals surface area (Å²) in [7, 11) is 0. The van der Waals surface area contributed by atoms with Crippen molar-refractivity contribution in [1.29, 1.82) is 0 Å². The lowest BCUT2D eigenvalue weighted by Gasteiger charge is -2.42. The molecule has 3 nitrogen and oxygen atoms in total. The van der Waals surface area contributed by atoms with Crippen molar-refractivity contribution < 1.29 is 4.39 Å². The molecule has 0 aromatic carbocycles. The van der Waals surface area contributed by atoms with Crippen LogP contribution in [0.15, 0.2) is 12.3 Å². The Kier molecular flexibility index (Phi) is 3.39. The summed E-state index contributed by atoms with van der Waals surface area (Å²) in [6.45, 7) is 2.87. The maximum absolute atomic E-state index is 13.9. The minimum atomic E-state index is -0.315. The van der Waals surface area contributed by atoms with Gasteiger partial charge in [-0.3, -0.25) is 0 Å². The summed E-state index contributed by atoms with van der Waals surface area (Å²) in [6, 6.07) is 1.94. The van der Waals surface area contributed by atoms with Crippen LogP contribution in [-0.2, 0) is 0 Å². The Morgan fingerprint density at radius 1 is 1.44 bits per heavy atom. The summed E-state index contributed by atoms with van der Waals surface area (Å²) in [6.07, 6.45) is 5.02. The molecule has 2 saturated heterocycles. The molecule has 5 heteroatoms. The van der Waals surface area contributed by atoms with Crippen molar-refractivity contribution >= 4 is 17.4 Å². The number of pyridine rings is 1. The van der Waals surface area contributed by atoms with E-state index in [1.54, 1.807) is 0 Å². The Morgan fingerprint density at radius 3 is 3.17 bits per heavy atom. The summed E-state index contributed by atoms with van der Waals surface area (Å²) < 4.78 is 13.9. The molecule has 0 aliphatic carbocycles. The molecular formula is C13H17ClFN3. The molecule has 0 bridgehead atoms. The molecule has 2 aliphatic heterocycles. The summed E-state index contributed by atoms with van der Waals surface area (Å²) in [5.41, 5.74) is 0. The Hall–Kier alpha value is -0.870. The predicted molar refractivity (Wildman–Crippen MR) is 70.5 cm³/mol. The van der Waals surface area contributed by atoms with Crippen LogP contribution >= 0.6 is 11.6 Å². The molecule has 1 aromatic rings. The van der Waals surface area contributed by atoms with Gasteiger partial charge in [-0.25, -0.2) is 9.37 Å². The van der Waals surface area contributed by atoms with Gasteiger partial charge in [0.05, 0.1) is 5.02 Å². The Balaban J connectivity index is 1.77. The summed E-state index contributed by atoms with van der Waals surface area (Å²) in [4.78, 5) is 6.19. The fraction of sp³-hybridized carbons (Fsp3) is 0.615. The number of hydrogen-bond acceptors (Lipinski definition) is 3. The summed E-state index contributed by atoms with van der Waals surface area (Å²) >= 11 is 5.74. The second-order valence-corrected chi connectivity index (χ2v) is 5.59. The molecule has 3 rings (SSSR count). The van der Waals surface area contributed by atoms with Crippen LogP contribution < -0.4 is 10.2 Å². The van der Waals surface area contributed by atoms with E-state index in [4.69, 9.17) is 11.6 Å². The molecule has 2 atom stereocenters. The first-order valence-corrected chi connectivity index (χ1v) is 6.91. The van der Waals surface area contributed by atoms with Crippen LogP contribution in [0.2, 0.25) is 5.02 Å². The monoisotopic (exact) mass is 269 g/mol. The van der Waals surface area contributed by atoms with Crippen LogP contribution in [0.1, 0.15) is 19.3 Å². The molecule has 0 amide bonds. The Morgan fingerprint density at radius 2 is 2.33 bits per heavy atom. The van der Waals surface area contributed by atoms with Crippen LogP contribution in [0.4, 0.5) is 10.2 Å². The van der Waals surface area contributed by atoms with E-state index < -0.39 is 0 Å². The van der Waals surface area contributed by atoms with Gasteiger partial charge in [0.1, 0.15) is 0 Å². The normalized spacial score (nSPS) is 28.0. The van der Waals surface area contributed by atoms with E-state index in [0.717, 1.165) is 26.1 Å². The number of fused-ring (bicyclic) bond motifs is 1. The number of halogens is 2. The largest absolute Gasteiger partial charge is 0.354 e. The number of piperidine rings is 2. The third-order valence-electron chi connectivity index (χ3n) is 3.98. The Labute approximate surface area is 111 Å². The van der Waals surface area contributed by atoms with Crippen LogP contribution in [0.25, 0.3) is 0 Å². The highest BCUT2D eigenvalue weighted by Crippen LogP contribution is 2.29. The van der Waals surface area contributed by atoms with Gasteiger partial charge in [-0.1, -0.05) is 11.6 Å². The maximum atomic E-state index is 13.9. The van der Waals surface area contributed by atoms with E-state index in [9.17, 15) is 4.39 Å². The molecule has 0 saturated carbocycles. The van der Waals surface area contributed by atoms with E-state index in [1.807, 2.05) is 0 Å². The van der Waals surface area contributed by atoms with Gasteiger partial charge >= 0.3 is 0 Å². The molecule has 98 valence electrons. The zero-order valence-corrected chi connectivity index (χ0v) is 11.0. The van der Waals surface area contributed by atoms with Gasteiger partial charge in [0.25, 0.3) is 0 Å². The van der Waals surface area contributed by atoms with Crippen LogP contribution in [-0.4, -0.2) is 30.7 Å². The Bertz CT molecular complexity index is 440. The topological polar surface area (TPSA) is 28.2 Å². The average molecular weight is 270 g/mol. The molecule has 3 heterocycles. The van der Waals surface area contributed by atoms with Gasteiger partial charge in [0, 0.05) is 25.3 Å². The van der Waals surface area contributed by atoms with E-state index in [0.29, 0.717) is 22.8 Å². The van der Waals surface area contributed by atoms with Gasteiger partial charge in [-0.15, -0.1) is 0 Å². The molecular weight excluding hydrogens is 253 g/mol. The second kappa shape index (κ2) is 5.02. The molecule has 2 aliphatic rings. The first-order valence-electron chi connectivity index (χ1n) is 6.53. The highest BCUT2D eigenvalue weighted by molar-refractivity contribution is 6.30. The lowest BCUT2D eigenvalue weighted by atomic mass is 9.85. The van der Waals surface area contributed by atoms with Crippen molar-refractivity contribution in [3.05, 3.63) is 23.1 Å². The number of rotatable bonds is 1. The quantitative estimate of drug-likeness (QED) is 0.849. The van der Waals surface area contributed by atoms with Crippen molar-refractivity contribution in [3.8, 4) is 0 Å². The van der Waals surface area contributed by atoms with Crippen molar-refractivity contribution in [1.82, 2.24) is 10.3 Å². The molecule has 1 aromatic heterocycles. The standard InChI is InChI=1S/C13H17ClFN3/c14-10-6-11(15)13(17-7-10)18-5-3-12-9(8-18)2-1-4-16-12/h6-7,9,12,16H,1-5,8H2. The van der Waals surface area contributed by atoms with Crippen molar-refractivity contribution in [2.45, 2.75) is 25.3 Å². The van der Waals surface area contributed by atoms with Crippen LogP contribution in [0.5, 0.6) is 0 Å². The zero-order chi connectivity index (χ0) is 12.5. The van der Waals surface area contributed by atoms with E-state index in [-0.39, 0.29) is 5.82 Å². The van der Waals surface area contributed by atoms with E-state index in [1.165, 1.54) is 25.1 Å². The van der Waals surface area contributed by atoms with E-state index in [2.05, 4.69) is 15.2 Å². The molecule has 0 spiro atoms. The van der Waals surface area contributed by atoms with Crippen molar-refractivity contribution in [3.63, 3.8) is 0 Å². The minimum absolute atomic E-state index is 0.315. The maximum Gasteiger partial charge on any atom is 0.167 e. The minimum Gasteiger partial charge on any atom is -0.354 e. The van der Waals surface area contributed by atoms with Gasteiger partial charge in [0.2, 0.25) is 0 Å². The number of hydrogen-bond donors (Lipinski definition) is 1. The lowest BCUT2D eigenvalue weighted by molar-refractivity contribution is 0.243. The molecule has 0 radical (unpaired) electrons. The molecule has 18 heavy (non-hydrogen) atoms. The summed E-state index contributed by atoms with van der Waals surface area (Å²) in [5.74, 6) is 0.748. The van der Waals surface area contributed by atoms with Gasteiger partial charge in [-0.2, -0.15) is 0 Å². The van der Waals surface area contributed by atoms with E-state index >= 15 is 0 Å². The van der Waals surface area contributed by atoms with Gasteiger partial charge < -0.3 is 10.2 Å². The fourth-order valence-electron chi connectivity index (χ4n) is 3.08. The number of anilines is 1. The predicted octanol–water partition coefficient (Wildman–Crippen LogP) is 2.45. The molecule has 1 N–H and O–H groups in total. The molecule has 2 fully saturated rings. The highest BCUT2D eigenvalue weighted by Gasteiger charge is 2.32. The number of aromatic nitrogens is 1. The third kappa shape index (κ3) is 2.31. The van der Waals surface area contributed by atoms with Gasteiger partial charge in [-0.05, 0) is 37.8 Å². The van der Waals surface area contributed by atoms with Crippen LogP contribution in [0, 0.1) is 11.7 Å². The third-order valence-corrected chi connectivity index (χ3v) is 4.19. The zero-order valence-electron chi connectivity index (χ0n) is 10.2. The SMILES string of the molecule is Fc1cc(Cl)cnc1N1CCC2NCCCC2C1. The smallest absolute Gasteiger partial charge is 0.167 e. The van der Waals surface area contributed by atoms with Gasteiger partial charge in [0.15, 0.2) is 11.6 Å². The number of nitrogens with one attached hydrogen (secondary N) is 1. The average Bonchev–Trinajstić information content (AvgIpc) is 2.38. The number of nitrogens with zero attached hydrogens (tertiary/aromatic N) is 2. The second-order valence-electron chi connectivity index (χ2n) is 5.16. The van der Waals surface area contributed by atoms with Crippen LogP contribution in [0.3, 0.4) is 0 Å². The molecule has 2 unspecified atom stereocenters.